The van der Waals surface area contributed by atoms with E-state index in [2.05, 4.69) is 29.5 Å². The predicted octanol–water partition coefficient (Wildman–Crippen LogP) is 1.83. The number of fused-ring (bicyclic) bond motifs is 1. The van der Waals surface area contributed by atoms with Gasteiger partial charge in [-0.05, 0) is 13.0 Å². The SMILES string of the molecule is Cc1ccc2cncc(NN)c2c1. The van der Waals surface area contributed by atoms with Gasteiger partial charge in [-0.25, -0.2) is 0 Å². The summed E-state index contributed by atoms with van der Waals surface area (Å²) in [4.78, 5) is 4.07. The summed E-state index contributed by atoms with van der Waals surface area (Å²) in [5.74, 6) is 5.38. The molecule has 0 fully saturated rings. The van der Waals surface area contributed by atoms with Crippen molar-refractivity contribution in [3.63, 3.8) is 0 Å². The monoisotopic (exact) mass is 173 g/mol. The van der Waals surface area contributed by atoms with Crippen LogP contribution in [0.4, 0.5) is 5.69 Å². The number of nitrogens with zero attached hydrogens (tertiary/aromatic N) is 1. The van der Waals surface area contributed by atoms with Crippen LogP contribution in [0.25, 0.3) is 10.8 Å². The van der Waals surface area contributed by atoms with Gasteiger partial charge in [0.25, 0.3) is 0 Å². The lowest BCUT2D eigenvalue weighted by Crippen LogP contribution is -2.07. The van der Waals surface area contributed by atoms with Crippen LogP contribution < -0.4 is 11.3 Å². The second-order valence-corrected chi connectivity index (χ2v) is 3.06. The predicted molar refractivity (Wildman–Crippen MR) is 54.3 cm³/mol. The topological polar surface area (TPSA) is 50.9 Å². The average molecular weight is 173 g/mol. The second kappa shape index (κ2) is 3.03. The number of aryl methyl sites for hydroxylation is 1. The first-order chi connectivity index (χ1) is 6.31. The van der Waals surface area contributed by atoms with E-state index in [1.54, 1.807) is 6.20 Å². The van der Waals surface area contributed by atoms with Crippen LogP contribution in [0.2, 0.25) is 0 Å². The van der Waals surface area contributed by atoms with E-state index in [-0.39, 0.29) is 0 Å². The number of benzene rings is 1. The number of nitrogens with one attached hydrogen (secondary N) is 1. The van der Waals surface area contributed by atoms with Crippen molar-refractivity contribution >= 4 is 16.5 Å². The van der Waals surface area contributed by atoms with Gasteiger partial charge in [0.2, 0.25) is 0 Å². The maximum Gasteiger partial charge on any atom is 0.0748 e. The van der Waals surface area contributed by atoms with Gasteiger partial charge in [0, 0.05) is 17.0 Å². The van der Waals surface area contributed by atoms with Gasteiger partial charge in [-0.3, -0.25) is 10.8 Å². The Morgan fingerprint density at radius 2 is 2.15 bits per heavy atom. The molecule has 2 rings (SSSR count). The van der Waals surface area contributed by atoms with Gasteiger partial charge in [-0.15, -0.1) is 0 Å². The van der Waals surface area contributed by atoms with Gasteiger partial charge in [0.05, 0.1) is 11.9 Å². The van der Waals surface area contributed by atoms with Crippen LogP contribution in [0.15, 0.2) is 30.6 Å². The number of hydrazine groups is 1. The summed E-state index contributed by atoms with van der Waals surface area (Å²) in [6.07, 6.45) is 3.55. The molecule has 0 aliphatic rings. The second-order valence-electron chi connectivity index (χ2n) is 3.06. The van der Waals surface area contributed by atoms with Crippen LogP contribution in [-0.2, 0) is 0 Å². The molecule has 0 saturated heterocycles. The molecule has 1 aromatic heterocycles. The molecule has 0 spiro atoms. The van der Waals surface area contributed by atoms with E-state index in [4.69, 9.17) is 5.84 Å². The maximum atomic E-state index is 5.38. The summed E-state index contributed by atoms with van der Waals surface area (Å²) >= 11 is 0. The molecule has 3 nitrogen and oxygen atoms in total. The van der Waals surface area contributed by atoms with Crippen molar-refractivity contribution in [3.05, 3.63) is 36.2 Å². The van der Waals surface area contributed by atoms with Crippen molar-refractivity contribution in [1.82, 2.24) is 4.98 Å². The number of anilines is 1. The van der Waals surface area contributed by atoms with Crippen LogP contribution in [0, 0.1) is 6.92 Å². The Labute approximate surface area is 76.6 Å². The van der Waals surface area contributed by atoms with Crippen LogP contribution in [0.3, 0.4) is 0 Å². The lowest BCUT2D eigenvalue weighted by molar-refractivity contribution is 1.29. The summed E-state index contributed by atoms with van der Waals surface area (Å²) < 4.78 is 0. The molecule has 0 amide bonds. The zero-order chi connectivity index (χ0) is 9.26. The molecule has 0 unspecified atom stereocenters. The molecule has 1 heterocycles. The quantitative estimate of drug-likeness (QED) is 0.511. The fourth-order valence-electron chi connectivity index (χ4n) is 1.39. The minimum Gasteiger partial charge on any atom is -0.322 e. The first kappa shape index (κ1) is 8.01. The van der Waals surface area contributed by atoms with Crippen LogP contribution in [0.5, 0.6) is 0 Å². The first-order valence-electron chi connectivity index (χ1n) is 4.12. The summed E-state index contributed by atoms with van der Waals surface area (Å²) in [7, 11) is 0. The van der Waals surface area contributed by atoms with Crippen LogP contribution in [0.1, 0.15) is 5.56 Å². The van der Waals surface area contributed by atoms with Crippen LogP contribution in [-0.4, -0.2) is 4.98 Å². The fourth-order valence-corrected chi connectivity index (χ4v) is 1.39. The molecule has 3 N–H and O–H groups in total. The number of nitrogens with two attached hydrogens (primary N) is 1. The van der Waals surface area contributed by atoms with Gasteiger partial charge in [0.15, 0.2) is 0 Å². The molecule has 0 saturated carbocycles. The van der Waals surface area contributed by atoms with Crippen molar-refractivity contribution in [1.29, 1.82) is 0 Å². The third-order valence-corrected chi connectivity index (χ3v) is 2.07. The highest BCUT2D eigenvalue weighted by atomic mass is 15.2. The number of hydrogen-bond donors (Lipinski definition) is 2. The summed E-state index contributed by atoms with van der Waals surface area (Å²) in [6.45, 7) is 2.06. The molecular formula is C10H11N3. The number of hydrogen-bond acceptors (Lipinski definition) is 3. The molecule has 0 aliphatic heterocycles. The average Bonchev–Trinajstić information content (AvgIpc) is 2.17. The smallest absolute Gasteiger partial charge is 0.0748 e. The number of nitrogen functional groups attached to an aromatic ring is 1. The van der Waals surface area contributed by atoms with Gasteiger partial charge in [-0.2, -0.15) is 0 Å². The third-order valence-electron chi connectivity index (χ3n) is 2.07. The third kappa shape index (κ3) is 1.34. The van der Waals surface area contributed by atoms with Crippen molar-refractivity contribution in [3.8, 4) is 0 Å². The van der Waals surface area contributed by atoms with Crippen molar-refractivity contribution < 1.29 is 0 Å². The number of aromatic nitrogens is 1. The minimum atomic E-state index is 0.862. The molecule has 1 aromatic carbocycles. The lowest BCUT2D eigenvalue weighted by atomic mass is 10.1. The summed E-state index contributed by atoms with van der Waals surface area (Å²) in [5.41, 5.74) is 4.71. The molecule has 0 aliphatic carbocycles. The Morgan fingerprint density at radius 3 is 2.92 bits per heavy atom. The van der Waals surface area contributed by atoms with E-state index < -0.39 is 0 Å². The van der Waals surface area contributed by atoms with Gasteiger partial charge in [-0.1, -0.05) is 17.7 Å². The molecule has 13 heavy (non-hydrogen) atoms. The summed E-state index contributed by atoms with van der Waals surface area (Å²) in [5, 5.41) is 2.21. The van der Waals surface area contributed by atoms with Crippen molar-refractivity contribution in [2.75, 3.05) is 5.43 Å². The Bertz CT molecular complexity index is 437. The highest BCUT2D eigenvalue weighted by molar-refractivity contribution is 5.93. The van der Waals surface area contributed by atoms with E-state index in [1.165, 1.54) is 5.56 Å². The molecule has 0 atom stereocenters. The number of rotatable bonds is 1. The maximum absolute atomic E-state index is 5.38. The largest absolute Gasteiger partial charge is 0.322 e. The molecule has 2 aromatic rings. The van der Waals surface area contributed by atoms with E-state index in [1.807, 2.05) is 12.3 Å². The van der Waals surface area contributed by atoms with E-state index in [9.17, 15) is 0 Å². The van der Waals surface area contributed by atoms with Gasteiger partial charge >= 0.3 is 0 Å². The minimum absolute atomic E-state index is 0.862. The lowest BCUT2D eigenvalue weighted by Gasteiger charge is -2.04. The van der Waals surface area contributed by atoms with Gasteiger partial charge < -0.3 is 5.43 Å². The fraction of sp³-hybridized carbons (Fsp3) is 0.100. The Balaban J connectivity index is 2.79. The number of pyridine rings is 1. The zero-order valence-electron chi connectivity index (χ0n) is 7.41. The van der Waals surface area contributed by atoms with E-state index >= 15 is 0 Å². The molecular weight excluding hydrogens is 162 g/mol. The normalized spacial score (nSPS) is 10.3. The summed E-state index contributed by atoms with van der Waals surface area (Å²) in [6, 6.07) is 6.19. The van der Waals surface area contributed by atoms with Crippen LogP contribution >= 0.6 is 0 Å². The highest BCUT2D eigenvalue weighted by Gasteiger charge is 1.99. The standard InChI is InChI=1S/C10H11N3/c1-7-2-3-8-5-12-6-10(13-11)9(8)4-7/h2-6,13H,11H2,1H3. The first-order valence-corrected chi connectivity index (χ1v) is 4.12. The van der Waals surface area contributed by atoms with Crippen molar-refractivity contribution in [2.45, 2.75) is 6.92 Å². The molecule has 3 heteroatoms. The Kier molecular flexibility index (Phi) is 1.87. The molecule has 66 valence electrons. The zero-order valence-corrected chi connectivity index (χ0v) is 7.41. The Morgan fingerprint density at radius 1 is 1.31 bits per heavy atom. The Hall–Kier alpha value is -1.61. The highest BCUT2D eigenvalue weighted by Crippen LogP contribution is 2.21. The van der Waals surface area contributed by atoms with E-state index in [0.29, 0.717) is 0 Å². The van der Waals surface area contributed by atoms with E-state index in [0.717, 1.165) is 16.5 Å². The van der Waals surface area contributed by atoms with Crippen molar-refractivity contribution in [2.24, 2.45) is 5.84 Å². The van der Waals surface area contributed by atoms with Gasteiger partial charge in [0.1, 0.15) is 0 Å². The molecule has 0 bridgehead atoms. The molecule has 0 radical (unpaired) electrons.